The number of anilines is 1. The number of rotatable bonds is 4. The molecule has 2 aromatic rings. The van der Waals surface area contributed by atoms with Gasteiger partial charge in [0.2, 0.25) is 0 Å². The maximum absolute atomic E-state index is 5.68. The standard InChI is InChI=1S/C15H20N2O/c1-11-4-5-14(12(2)8-11)17(3)10-15-13(9-16)6-7-18-15/h4-8H,9-10,16H2,1-3H3. The fraction of sp³-hybridized carbons (Fsp3) is 0.333. The van der Waals surface area contributed by atoms with Crippen molar-refractivity contribution in [1.29, 1.82) is 0 Å². The average Bonchev–Trinajstić information content (AvgIpc) is 2.76. The summed E-state index contributed by atoms with van der Waals surface area (Å²) in [6.07, 6.45) is 1.70. The predicted molar refractivity (Wildman–Crippen MR) is 74.6 cm³/mol. The fourth-order valence-electron chi connectivity index (χ4n) is 2.22. The van der Waals surface area contributed by atoms with E-state index in [0.717, 1.165) is 17.9 Å². The highest BCUT2D eigenvalue weighted by molar-refractivity contribution is 5.54. The van der Waals surface area contributed by atoms with Crippen molar-refractivity contribution in [2.75, 3.05) is 11.9 Å². The van der Waals surface area contributed by atoms with Crippen LogP contribution in [0.1, 0.15) is 22.5 Å². The van der Waals surface area contributed by atoms with Gasteiger partial charge in [-0.05, 0) is 31.5 Å². The van der Waals surface area contributed by atoms with Crippen LogP contribution < -0.4 is 10.6 Å². The predicted octanol–water partition coefficient (Wildman–Crippen LogP) is 2.99. The lowest BCUT2D eigenvalue weighted by atomic mass is 10.1. The van der Waals surface area contributed by atoms with Crippen molar-refractivity contribution >= 4 is 5.69 Å². The third-order valence-electron chi connectivity index (χ3n) is 3.20. The Morgan fingerprint density at radius 1 is 1.22 bits per heavy atom. The van der Waals surface area contributed by atoms with Gasteiger partial charge in [-0.3, -0.25) is 0 Å². The molecule has 0 saturated carbocycles. The molecule has 1 aromatic heterocycles. The lowest BCUT2D eigenvalue weighted by Gasteiger charge is -2.21. The van der Waals surface area contributed by atoms with E-state index in [1.165, 1.54) is 16.8 Å². The van der Waals surface area contributed by atoms with Gasteiger partial charge in [0.25, 0.3) is 0 Å². The van der Waals surface area contributed by atoms with Crippen LogP contribution in [0.4, 0.5) is 5.69 Å². The molecule has 0 fully saturated rings. The fourth-order valence-corrected chi connectivity index (χ4v) is 2.22. The second-order valence-electron chi connectivity index (χ2n) is 4.72. The van der Waals surface area contributed by atoms with Crippen LogP contribution in [0.3, 0.4) is 0 Å². The van der Waals surface area contributed by atoms with Gasteiger partial charge in [-0.1, -0.05) is 17.7 Å². The third-order valence-corrected chi connectivity index (χ3v) is 3.20. The summed E-state index contributed by atoms with van der Waals surface area (Å²) in [5.41, 5.74) is 10.5. The lowest BCUT2D eigenvalue weighted by molar-refractivity contribution is 0.502. The van der Waals surface area contributed by atoms with Gasteiger partial charge >= 0.3 is 0 Å². The molecule has 0 atom stereocenters. The van der Waals surface area contributed by atoms with Crippen LogP contribution in [0.2, 0.25) is 0 Å². The molecule has 3 nitrogen and oxygen atoms in total. The molecule has 0 radical (unpaired) electrons. The summed E-state index contributed by atoms with van der Waals surface area (Å²) in [5.74, 6) is 0.944. The number of hydrogen-bond acceptors (Lipinski definition) is 3. The summed E-state index contributed by atoms with van der Waals surface area (Å²) in [5, 5.41) is 0. The maximum atomic E-state index is 5.68. The van der Waals surface area contributed by atoms with Gasteiger partial charge in [0.1, 0.15) is 5.76 Å². The van der Waals surface area contributed by atoms with Crippen LogP contribution in [0.15, 0.2) is 34.9 Å². The quantitative estimate of drug-likeness (QED) is 0.899. The highest BCUT2D eigenvalue weighted by Gasteiger charge is 2.10. The molecular weight excluding hydrogens is 224 g/mol. The smallest absolute Gasteiger partial charge is 0.127 e. The summed E-state index contributed by atoms with van der Waals surface area (Å²) in [4.78, 5) is 2.19. The van der Waals surface area contributed by atoms with E-state index in [1.807, 2.05) is 6.07 Å². The Morgan fingerprint density at radius 2 is 2.00 bits per heavy atom. The van der Waals surface area contributed by atoms with Crippen LogP contribution in [-0.2, 0) is 13.1 Å². The molecule has 0 amide bonds. The molecule has 2 rings (SSSR count). The van der Waals surface area contributed by atoms with Gasteiger partial charge < -0.3 is 15.1 Å². The van der Waals surface area contributed by atoms with Gasteiger partial charge in [-0.2, -0.15) is 0 Å². The molecule has 0 saturated heterocycles. The molecule has 0 aliphatic heterocycles. The van der Waals surface area contributed by atoms with Crippen molar-refractivity contribution in [2.45, 2.75) is 26.9 Å². The largest absolute Gasteiger partial charge is 0.467 e. The SMILES string of the molecule is Cc1ccc(N(C)Cc2occc2CN)c(C)c1. The van der Waals surface area contributed by atoms with E-state index in [9.17, 15) is 0 Å². The average molecular weight is 244 g/mol. The van der Waals surface area contributed by atoms with Crippen molar-refractivity contribution in [3.8, 4) is 0 Å². The van der Waals surface area contributed by atoms with Crippen LogP contribution >= 0.6 is 0 Å². The van der Waals surface area contributed by atoms with Gasteiger partial charge in [0.15, 0.2) is 0 Å². The minimum Gasteiger partial charge on any atom is -0.467 e. The maximum Gasteiger partial charge on any atom is 0.127 e. The van der Waals surface area contributed by atoms with Crippen molar-refractivity contribution in [1.82, 2.24) is 0 Å². The first kappa shape index (κ1) is 12.7. The number of hydrogen-bond donors (Lipinski definition) is 1. The molecule has 96 valence electrons. The molecule has 18 heavy (non-hydrogen) atoms. The van der Waals surface area contributed by atoms with E-state index in [2.05, 4.69) is 44.0 Å². The molecule has 0 unspecified atom stereocenters. The van der Waals surface area contributed by atoms with E-state index in [1.54, 1.807) is 6.26 Å². The van der Waals surface area contributed by atoms with Crippen LogP contribution in [0.25, 0.3) is 0 Å². The second kappa shape index (κ2) is 5.27. The van der Waals surface area contributed by atoms with Crippen LogP contribution in [0, 0.1) is 13.8 Å². The third kappa shape index (κ3) is 2.57. The minimum atomic E-state index is 0.520. The van der Waals surface area contributed by atoms with Crippen LogP contribution in [-0.4, -0.2) is 7.05 Å². The Bertz CT molecular complexity index is 531. The highest BCUT2D eigenvalue weighted by Crippen LogP contribution is 2.22. The van der Waals surface area contributed by atoms with Gasteiger partial charge in [0, 0.05) is 24.8 Å². The molecule has 0 aliphatic carbocycles. The summed E-state index contributed by atoms with van der Waals surface area (Å²) in [6, 6.07) is 8.41. The van der Waals surface area contributed by atoms with Gasteiger partial charge in [-0.15, -0.1) is 0 Å². The number of benzene rings is 1. The van der Waals surface area contributed by atoms with E-state index in [-0.39, 0.29) is 0 Å². The van der Waals surface area contributed by atoms with E-state index >= 15 is 0 Å². The number of aryl methyl sites for hydroxylation is 2. The van der Waals surface area contributed by atoms with Crippen molar-refractivity contribution < 1.29 is 4.42 Å². The summed E-state index contributed by atoms with van der Waals surface area (Å²) in [6.45, 7) is 5.50. The first-order valence-corrected chi connectivity index (χ1v) is 6.15. The Hall–Kier alpha value is -1.74. The Labute approximate surface area is 108 Å². The zero-order valence-electron chi connectivity index (χ0n) is 11.2. The molecule has 1 aromatic carbocycles. The van der Waals surface area contributed by atoms with Crippen molar-refractivity contribution in [2.24, 2.45) is 5.73 Å². The summed E-state index contributed by atoms with van der Waals surface area (Å²) < 4.78 is 5.49. The van der Waals surface area contributed by atoms with E-state index < -0.39 is 0 Å². The van der Waals surface area contributed by atoms with E-state index in [4.69, 9.17) is 10.2 Å². The monoisotopic (exact) mass is 244 g/mol. The normalized spacial score (nSPS) is 10.7. The summed E-state index contributed by atoms with van der Waals surface area (Å²) >= 11 is 0. The molecule has 0 spiro atoms. The molecular formula is C15H20N2O. The number of nitrogens with two attached hydrogens (primary N) is 1. The Kier molecular flexibility index (Phi) is 3.72. The van der Waals surface area contributed by atoms with Crippen molar-refractivity contribution in [3.05, 3.63) is 53.0 Å². The Balaban J connectivity index is 2.19. The first-order valence-electron chi connectivity index (χ1n) is 6.15. The molecule has 0 bridgehead atoms. The topological polar surface area (TPSA) is 42.4 Å². The van der Waals surface area contributed by atoms with E-state index in [0.29, 0.717) is 6.54 Å². The Morgan fingerprint density at radius 3 is 2.67 bits per heavy atom. The number of nitrogens with zero attached hydrogens (tertiary/aromatic N) is 1. The van der Waals surface area contributed by atoms with Gasteiger partial charge in [0.05, 0.1) is 12.8 Å². The molecule has 3 heteroatoms. The van der Waals surface area contributed by atoms with Crippen LogP contribution in [0.5, 0.6) is 0 Å². The lowest BCUT2D eigenvalue weighted by Crippen LogP contribution is -2.18. The highest BCUT2D eigenvalue weighted by atomic mass is 16.3. The zero-order valence-corrected chi connectivity index (χ0v) is 11.2. The number of furan rings is 1. The minimum absolute atomic E-state index is 0.520. The molecule has 1 heterocycles. The molecule has 0 aliphatic rings. The molecule has 2 N–H and O–H groups in total. The summed E-state index contributed by atoms with van der Waals surface area (Å²) in [7, 11) is 2.07. The first-order chi connectivity index (χ1) is 8.61. The van der Waals surface area contributed by atoms with Gasteiger partial charge in [-0.25, -0.2) is 0 Å². The second-order valence-corrected chi connectivity index (χ2v) is 4.72. The van der Waals surface area contributed by atoms with Crippen molar-refractivity contribution in [3.63, 3.8) is 0 Å². The zero-order chi connectivity index (χ0) is 13.1.